The zero-order valence-electron chi connectivity index (χ0n) is 15.2. The van der Waals surface area contributed by atoms with Gasteiger partial charge in [0.15, 0.2) is 6.10 Å². The second-order valence-electron chi connectivity index (χ2n) is 5.52. The van der Waals surface area contributed by atoms with Gasteiger partial charge >= 0.3 is 5.97 Å². The molecule has 1 atom stereocenters. The van der Waals surface area contributed by atoms with Gasteiger partial charge in [-0.15, -0.1) is 0 Å². The maximum Gasteiger partial charge on any atom is 0.331 e. The summed E-state index contributed by atoms with van der Waals surface area (Å²) < 4.78 is 15.5. The highest BCUT2D eigenvalue weighted by Gasteiger charge is 2.17. The molecule has 0 fully saturated rings. The van der Waals surface area contributed by atoms with E-state index in [4.69, 9.17) is 25.8 Å². The molecule has 0 aromatic heterocycles. The molecular formula is C20H20ClNO5. The van der Waals surface area contributed by atoms with E-state index in [1.54, 1.807) is 55.7 Å². The van der Waals surface area contributed by atoms with Crippen LogP contribution in [-0.4, -0.2) is 32.2 Å². The lowest BCUT2D eigenvalue weighted by Crippen LogP contribution is -2.29. The molecule has 0 aliphatic heterocycles. The summed E-state index contributed by atoms with van der Waals surface area (Å²) >= 11 is 5.87. The molecular weight excluding hydrogens is 370 g/mol. The number of amides is 1. The molecule has 6 nitrogen and oxygen atoms in total. The summed E-state index contributed by atoms with van der Waals surface area (Å²) in [5.74, 6) is 0.0747. The number of halogens is 1. The average molecular weight is 390 g/mol. The number of anilines is 1. The van der Waals surface area contributed by atoms with Gasteiger partial charge in [-0.1, -0.05) is 17.7 Å². The Labute approximate surface area is 162 Å². The Bertz CT molecular complexity index is 850. The largest absolute Gasteiger partial charge is 0.497 e. The number of benzene rings is 2. The van der Waals surface area contributed by atoms with Gasteiger partial charge < -0.3 is 19.5 Å². The molecule has 0 spiro atoms. The van der Waals surface area contributed by atoms with Crippen LogP contribution in [0.15, 0.2) is 48.5 Å². The lowest BCUT2D eigenvalue weighted by atomic mass is 10.1. The van der Waals surface area contributed by atoms with Crippen LogP contribution in [0.1, 0.15) is 12.5 Å². The van der Waals surface area contributed by atoms with Gasteiger partial charge in [-0.05, 0) is 43.3 Å². The summed E-state index contributed by atoms with van der Waals surface area (Å²) in [6, 6.07) is 11.9. The number of rotatable bonds is 7. The summed E-state index contributed by atoms with van der Waals surface area (Å²) in [4.78, 5) is 24.1. The maximum atomic E-state index is 12.1. The van der Waals surface area contributed by atoms with Crippen LogP contribution in [0, 0.1) is 0 Å². The SMILES string of the molecule is COc1ccc(C=CC(=O)OC(C)C(=O)Nc2cccc(Cl)c2)c(OC)c1. The van der Waals surface area contributed by atoms with Crippen molar-refractivity contribution in [3.05, 3.63) is 59.1 Å². The number of hydrogen-bond donors (Lipinski definition) is 1. The number of esters is 1. The Kier molecular flexibility index (Phi) is 7.25. The molecule has 2 aromatic carbocycles. The first kappa shape index (κ1) is 20.3. The van der Waals surface area contributed by atoms with Gasteiger partial charge in [-0.2, -0.15) is 0 Å². The number of hydrogen-bond acceptors (Lipinski definition) is 5. The zero-order chi connectivity index (χ0) is 19.8. The summed E-state index contributed by atoms with van der Waals surface area (Å²) in [6.45, 7) is 1.49. The number of carbonyl (C=O) groups excluding carboxylic acids is 2. The van der Waals surface area contributed by atoms with Gasteiger partial charge in [-0.25, -0.2) is 4.79 Å². The lowest BCUT2D eigenvalue weighted by Gasteiger charge is -2.12. The van der Waals surface area contributed by atoms with E-state index in [1.165, 1.54) is 20.1 Å². The molecule has 0 saturated heterocycles. The molecule has 1 unspecified atom stereocenters. The molecule has 142 valence electrons. The highest BCUT2D eigenvalue weighted by Crippen LogP contribution is 2.25. The minimum Gasteiger partial charge on any atom is -0.497 e. The van der Waals surface area contributed by atoms with Crippen molar-refractivity contribution >= 4 is 35.2 Å². The molecule has 2 aromatic rings. The van der Waals surface area contributed by atoms with Crippen molar-refractivity contribution in [3.8, 4) is 11.5 Å². The second-order valence-corrected chi connectivity index (χ2v) is 5.96. The Balaban J connectivity index is 1.96. The summed E-state index contributed by atoms with van der Waals surface area (Å²) in [5.41, 5.74) is 1.19. The fourth-order valence-electron chi connectivity index (χ4n) is 2.19. The van der Waals surface area contributed by atoms with Crippen molar-refractivity contribution in [1.29, 1.82) is 0 Å². The topological polar surface area (TPSA) is 73.9 Å². The standard InChI is InChI=1S/C20H20ClNO5/c1-13(20(24)22-16-6-4-5-15(21)11-16)27-19(23)10-8-14-7-9-17(25-2)12-18(14)26-3/h4-13H,1-3H3,(H,22,24). The lowest BCUT2D eigenvalue weighted by molar-refractivity contribution is -0.148. The minimum absolute atomic E-state index is 0.457. The van der Waals surface area contributed by atoms with Gasteiger partial charge in [0.05, 0.1) is 14.2 Å². The quantitative estimate of drug-likeness (QED) is 0.573. The van der Waals surface area contributed by atoms with E-state index < -0.39 is 18.0 Å². The molecule has 1 amide bonds. The molecule has 0 aliphatic rings. The van der Waals surface area contributed by atoms with Crippen molar-refractivity contribution in [3.63, 3.8) is 0 Å². The van der Waals surface area contributed by atoms with Crippen LogP contribution in [0.2, 0.25) is 5.02 Å². The Hall–Kier alpha value is -2.99. The monoisotopic (exact) mass is 389 g/mol. The molecule has 7 heteroatoms. The fourth-order valence-corrected chi connectivity index (χ4v) is 2.38. The Morgan fingerprint density at radius 3 is 2.56 bits per heavy atom. The number of nitrogens with one attached hydrogen (secondary N) is 1. The third-order valence-corrected chi connectivity index (χ3v) is 3.83. The molecule has 0 radical (unpaired) electrons. The molecule has 0 saturated carbocycles. The fraction of sp³-hybridized carbons (Fsp3) is 0.200. The molecule has 27 heavy (non-hydrogen) atoms. The van der Waals surface area contributed by atoms with Gasteiger partial charge in [0.25, 0.3) is 5.91 Å². The van der Waals surface area contributed by atoms with Crippen molar-refractivity contribution in [2.75, 3.05) is 19.5 Å². The highest BCUT2D eigenvalue weighted by atomic mass is 35.5. The van der Waals surface area contributed by atoms with Crippen LogP contribution >= 0.6 is 11.6 Å². The number of methoxy groups -OCH3 is 2. The van der Waals surface area contributed by atoms with Crippen molar-refractivity contribution < 1.29 is 23.8 Å². The number of ether oxygens (including phenoxy) is 3. The van der Waals surface area contributed by atoms with Crippen LogP contribution in [0.4, 0.5) is 5.69 Å². The molecule has 1 N–H and O–H groups in total. The van der Waals surface area contributed by atoms with Crippen LogP contribution in [0.3, 0.4) is 0 Å². The smallest absolute Gasteiger partial charge is 0.331 e. The Morgan fingerprint density at radius 1 is 1.11 bits per heavy atom. The highest BCUT2D eigenvalue weighted by molar-refractivity contribution is 6.30. The van der Waals surface area contributed by atoms with Crippen LogP contribution < -0.4 is 14.8 Å². The van der Waals surface area contributed by atoms with E-state index in [2.05, 4.69) is 5.32 Å². The first-order chi connectivity index (χ1) is 12.9. The summed E-state index contributed by atoms with van der Waals surface area (Å²) in [7, 11) is 3.07. The van der Waals surface area contributed by atoms with Gasteiger partial charge in [-0.3, -0.25) is 4.79 Å². The van der Waals surface area contributed by atoms with E-state index in [-0.39, 0.29) is 0 Å². The second kappa shape index (κ2) is 9.64. The number of carbonyl (C=O) groups is 2. The van der Waals surface area contributed by atoms with Gasteiger partial charge in [0.2, 0.25) is 0 Å². The predicted octanol–water partition coefficient (Wildman–Crippen LogP) is 3.94. The first-order valence-corrected chi connectivity index (χ1v) is 8.48. The maximum absolute atomic E-state index is 12.1. The van der Waals surface area contributed by atoms with Crippen LogP contribution in [0.25, 0.3) is 6.08 Å². The van der Waals surface area contributed by atoms with Crippen molar-refractivity contribution in [2.45, 2.75) is 13.0 Å². The van der Waals surface area contributed by atoms with Crippen molar-refractivity contribution in [2.24, 2.45) is 0 Å². The van der Waals surface area contributed by atoms with Gasteiger partial charge in [0.1, 0.15) is 11.5 Å². The Morgan fingerprint density at radius 2 is 1.89 bits per heavy atom. The van der Waals surface area contributed by atoms with Crippen LogP contribution in [-0.2, 0) is 14.3 Å². The molecule has 2 rings (SSSR count). The summed E-state index contributed by atoms with van der Waals surface area (Å²) in [6.07, 6.45) is 1.80. The summed E-state index contributed by atoms with van der Waals surface area (Å²) in [5, 5.41) is 3.13. The van der Waals surface area contributed by atoms with E-state index in [1.807, 2.05) is 0 Å². The van der Waals surface area contributed by atoms with Crippen molar-refractivity contribution in [1.82, 2.24) is 0 Å². The molecule has 0 heterocycles. The first-order valence-electron chi connectivity index (χ1n) is 8.10. The molecule has 0 bridgehead atoms. The normalized spacial score (nSPS) is 11.7. The third-order valence-electron chi connectivity index (χ3n) is 3.59. The van der Waals surface area contributed by atoms with E-state index >= 15 is 0 Å². The van der Waals surface area contributed by atoms with E-state index in [0.717, 1.165) is 0 Å². The minimum atomic E-state index is -0.973. The van der Waals surface area contributed by atoms with Crippen LogP contribution in [0.5, 0.6) is 11.5 Å². The van der Waals surface area contributed by atoms with E-state index in [9.17, 15) is 9.59 Å². The predicted molar refractivity (Wildman–Crippen MR) is 104 cm³/mol. The zero-order valence-corrected chi connectivity index (χ0v) is 15.9. The van der Waals surface area contributed by atoms with Gasteiger partial charge in [0, 0.05) is 28.4 Å². The average Bonchev–Trinajstić information content (AvgIpc) is 2.66. The van der Waals surface area contributed by atoms with E-state index in [0.29, 0.717) is 27.8 Å². The molecule has 0 aliphatic carbocycles. The third kappa shape index (κ3) is 6.04.